The Balaban J connectivity index is 1.32. The number of aryl methyl sites for hydroxylation is 1. The number of carbonyl (C=O) groups is 1. The van der Waals surface area contributed by atoms with E-state index >= 15 is 0 Å². The highest BCUT2D eigenvalue weighted by atomic mass is 16.6. The number of nitrogens with zero attached hydrogens (tertiary/aromatic N) is 2. The number of rotatable bonds is 6. The van der Waals surface area contributed by atoms with Gasteiger partial charge in [0.15, 0.2) is 6.61 Å². The number of benzene rings is 2. The number of ether oxygens (including phenoxy) is 2. The fraction of sp³-hybridized carbons (Fsp3) is 0.125. The average molecular weight is 400 g/mol. The molecule has 0 aliphatic carbocycles. The van der Waals surface area contributed by atoms with Crippen LogP contribution >= 0.6 is 0 Å². The predicted molar refractivity (Wildman–Crippen MR) is 113 cm³/mol. The van der Waals surface area contributed by atoms with Gasteiger partial charge >= 0.3 is 5.97 Å². The average Bonchev–Trinajstić information content (AvgIpc) is 2.78. The van der Waals surface area contributed by atoms with E-state index in [2.05, 4.69) is 4.98 Å². The lowest BCUT2D eigenvalue weighted by atomic mass is 10.1. The molecule has 0 bridgehead atoms. The topological polar surface area (TPSA) is 69.9 Å². The normalized spacial score (nSPS) is 10.7. The Bertz CT molecular complexity index is 1230. The van der Waals surface area contributed by atoms with Crippen molar-refractivity contribution in [2.24, 2.45) is 0 Å². The first-order valence-electron chi connectivity index (χ1n) is 9.51. The molecule has 2 aromatic carbocycles. The molecular weight excluding hydrogens is 380 g/mol. The molecule has 0 atom stereocenters. The van der Waals surface area contributed by atoms with E-state index in [9.17, 15) is 9.59 Å². The summed E-state index contributed by atoms with van der Waals surface area (Å²) >= 11 is 0. The minimum Gasteiger partial charge on any atom is -0.482 e. The third-order valence-electron chi connectivity index (χ3n) is 4.56. The molecule has 4 rings (SSSR count). The summed E-state index contributed by atoms with van der Waals surface area (Å²) in [5, 5.41) is 0. The summed E-state index contributed by atoms with van der Waals surface area (Å²) in [6.07, 6.45) is 1.72. The lowest BCUT2D eigenvalue weighted by Crippen LogP contribution is -2.18. The van der Waals surface area contributed by atoms with Crippen LogP contribution in [0.1, 0.15) is 11.3 Å². The third-order valence-corrected chi connectivity index (χ3v) is 4.56. The first-order valence-corrected chi connectivity index (χ1v) is 9.51. The van der Waals surface area contributed by atoms with Gasteiger partial charge in [0, 0.05) is 12.3 Å². The van der Waals surface area contributed by atoms with Crippen molar-refractivity contribution in [3.63, 3.8) is 0 Å². The second-order valence-electron chi connectivity index (χ2n) is 6.86. The Morgan fingerprint density at radius 1 is 0.967 bits per heavy atom. The zero-order valence-corrected chi connectivity index (χ0v) is 16.4. The van der Waals surface area contributed by atoms with Crippen molar-refractivity contribution in [1.29, 1.82) is 0 Å². The number of hydrogen-bond acceptors (Lipinski definition) is 5. The third kappa shape index (κ3) is 4.55. The zero-order valence-electron chi connectivity index (χ0n) is 16.4. The number of pyridine rings is 1. The highest BCUT2D eigenvalue weighted by Crippen LogP contribution is 2.22. The highest BCUT2D eigenvalue weighted by Gasteiger charge is 2.08. The molecule has 0 unspecified atom stereocenters. The number of aromatic nitrogens is 2. The highest BCUT2D eigenvalue weighted by molar-refractivity contribution is 5.71. The van der Waals surface area contributed by atoms with Crippen LogP contribution < -0.4 is 10.3 Å². The van der Waals surface area contributed by atoms with Gasteiger partial charge in [-0.2, -0.15) is 0 Å². The van der Waals surface area contributed by atoms with E-state index in [0.29, 0.717) is 17.1 Å². The van der Waals surface area contributed by atoms with Crippen LogP contribution in [0.25, 0.3) is 16.8 Å². The second-order valence-corrected chi connectivity index (χ2v) is 6.86. The molecule has 0 saturated carbocycles. The summed E-state index contributed by atoms with van der Waals surface area (Å²) in [6.45, 7) is 1.59. The minimum absolute atomic E-state index is 0.0885. The van der Waals surface area contributed by atoms with Crippen molar-refractivity contribution in [3.05, 3.63) is 101 Å². The van der Waals surface area contributed by atoms with Crippen molar-refractivity contribution in [1.82, 2.24) is 9.38 Å². The standard InChI is InChI=1S/C24H20N2O4/c1-17-7-12-22-25-20(13-23(27)26(22)14-17)15-30-24(28)16-29-21-10-8-19(9-11-21)18-5-3-2-4-6-18/h2-14H,15-16H2,1H3. The minimum atomic E-state index is -0.534. The monoisotopic (exact) mass is 400 g/mol. The molecule has 0 radical (unpaired) electrons. The molecular formula is C24H20N2O4. The fourth-order valence-corrected chi connectivity index (χ4v) is 3.04. The van der Waals surface area contributed by atoms with Gasteiger partial charge < -0.3 is 9.47 Å². The van der Waals surface area contributed by atoms with Crippen LogP contribution in [0.15, 0.2) is 83.8 Å². The summed E-state index contributed by atoms with van der Waals surface area (Å²) in [5.41, 5.74) is 3.81. The molecule has 0 N–H and O–H groups in total. The van der Waals surface area contributed by atoms with E-state index in [1.807, 2.05) is 67.6 Å². The molecule has 0 aliphatic heterocycles. The lowest BCUT2D eigenvalue weighted by molar-refractivity contribution is -0.147. The first-order chi connectivity index (χ1) is 14.6. The van der Waals surface area contributed by atoms with E-state index in [-0.39, 0.29) is 18.8 Å². The second kappa shape index (κ2) is 8.61. The SMILES string of the molecule is Cc1ccc2nc(COC(=O)COc3ccc(-c4ccccc4)cc3)cc(=O)n2c1. The van der Waals surface area contributed by atoms with E-state index in [0.717, 1.165) is 16.7 Å². The molecule has 6 heteroatoms. The van der Waals surface area contributed by atoms with Crippen molar-refractivity contribution in [3.8, 4) is 16.9 Å². The van der Waals surface area contributed by atoms with Gasteiger partial charge in [0.05, 0.1) is 5.69 Å². The quantitative estimate of drug-likeness (QED) is 0.461. The van der Waals surface area contributed by atoms with Gasteiger partial charge in [0.2, 0.25) is 0 Å². The van der Waals surface area contributed by atoms with Crippen LogP contribution in [0.3, 0.4) is 0 Å². The molecule has 30 heavy (non-hydrogen) atoms. The molecule has 6 nitrogen and oxygen atoms in total. The Morgan fingerprint density at radius 3 is 2.47 bits per heavy atom. The number of fused-ring (bicyclic) bond motifs is 1. The van der Waals surface area contributed by atoms with E-state index in [1.165, 1.54) is 10.5 Å². The van der Waals surface area contributed by atoms with Crippen molar-refractivity contribution < 1.29 is 14.3 Å². The predicted octanol–water partition coefficient (Wildman–Crippen LogP) is 3.79. The summed E-state index contributed by atoms with van der Waals surface area (Å²) in [4.78, 5) is 28.6. The van der Waals surface area contributed by atoms with Gasteiger partial charge in [-0.25, -0.2) is 9.78 Å². The van der Waals surface area contributed by atoms with Gasteiger partial charge in [-0.15, -0.1) is 0 Å². The Morgan fingerprint density at radius 2 is 1.70 bits per heavy atom. The maximum Gasteiger partial charge on any atom is 0.344 e. The summed E-state index contributed by atoms with van der Waals surface area (Å²) in [7, 11) is 0. The molecule has 0 fully saturated rings. The van der Waals surface area contributed by atoms with Gasteiger partial charge in [-0.1, -0.05) is 48.5 Å². The van der Waals surface area contributed by atoms with Crippen LogP contribution in [-0.2, 0) is 16.1 Å². The zero-order chi connectivity index (χ0) is 20.9. The van der Waals surface area contributed by atoms with E-state index < -0.39 is 5.97 Å². The molecule has 2 aromatic heterocycles. The van der Waals surface area contributed by atoms with E-state index in [4.69, 9.17) is 9.47 Å². The Labute approximate surface area is 173 Å². The summed E-state index contributed by atoms with van der Waals surface area (Å²) in [5.74, 6) is 0.0390. The van der Waals surface area contributed by atoms with Gasteiger partial charge in [-0.3, -0.25) is 9.20 Å². The Hall–Kier alpha value is -3.93. The van der Waals surface area contributed by atoms with Crippen LogP contribution in [0.4, 0.5) is 0 Å². The largest absolute Gasteiger partial charge is 0.482 e. The molecule has 4 aromatic rings. The molecule has 150 valence electrons. The maximum atomic E-state index is 12.2. The van der Waals surface area contributed by atoms with Crippen LogP contribution in [0.2, 0.25) is 0 Å². The Kier molecular flexibility index (Phi) is 5.57. The molecule has 0 amide bonds. The van der Waals surface area contributed by atoms with Crippen molar-refractivity contribution in [2.45, 2.75) is 13.5 Å². The summed E-state index contributed by atoms with van der Waals surface area (Å²) in [6, 6.07) is 22.5. The smallest absolute Gasteiger partial charge is 0.344 e. The number of hydrogen-bond donors (Lipinski definition) is 0. The lowest BCUT2D eigenvalue weighted by Gasteiger charge is -2.08. The molecule has 0 saturated heterocycles. The fourth-order valence-electron chi connectivity index (χ4n) is 3.04. The molecule has 0 spiro atoms. The molecule has 2 heterocycles. The van der Waals surface area contributed by atoms with Gasteiger partial charge in [-0.05, 0) is 41.8 Å². The molecule has 0 aliphatic rings. The van der Waals surface area contributed by atoms with Crippen LogP contribution in [-0.4, -0.2) is 22.0 Å². The number of esters is 1. The van der Waals surface area contributed by atoms with Crippen molar-refractivity contribution >= 4 is 11.6 Å². The summed E-state index contributed by atoms with van der Waals surface area (Å²) < 4.78 is 12.2. The first kappa shape index (κ1) is 19.4. The number of carbonyl (C=O) groups excluding carboxylic acids is 1. The van der Waals surface area contributed by atoms with Crippen molar-refractivity contribution in [2.75, 3.05) is 6.61 Å². The van der Waals surface area contributed by atoms with Crippen LogP contribution in [0.5, 0.6) is 5.75 Å². The van der Waals surface area contributed by atoms with E-state index in [1.54, 1.807) is 12.3 Å². The van der Waals surface area contributed by atoms with Crippen LogP contribution in [0, 0.1) is 6.92 Å². The van der Waals surface area contributed by atoms with Gasteiger partial charge in [0.25, 0.3) is 5.56 Å². The van der Waals surface area contributed by atoms with Gasteiger partial charge in [0.1, 0.15) is 18.0 Å². The maximum absolute atomic E-state index is 12.2.